The summed E-state index contributed by atoms with van der Waals surface area (Å²) in [5.74, 6) is -0.312. The Bertz CT molecular complexity index is 954. The predicted octanol–water partition coefficient (Wildman–Crippen LogP) is 3.48. The second-order valence-corrected chi connectivity index (χ2v) is 7.31. The third-order valence-electron chi connectivity index (χ3n) is 3.52. The van der Waals surface area contributed by atoms with Crippen LogP contribution in [0, 0.1) is 5.82 Å². The Kier molecular flexibility index (Phi) is 4.39. The summed E-state index contributed by atoms with van der Waals surface area (Å²) in [7, 11) is -3.60. The largest absolute Gasteiger partial charge is 0.361 e. The maximum absolute atomic E-state index is 13.2. The van der Waals surface area contributed by atoms with Crippen molar-refractivity contribution in [1.82, 2.24) is 9.71 Å². The zero-order valence-electron chi connectivity index (χ0n) is 12.0. The van der Waals surface area contributed by atoms with E-state index in [9.17, 15) is 12.8 Å². The SMILES string of the molecule is O=S(=O)(NCCc1c[nH]c2cc(F)ccc12)c1cccc(Cl)c1. The molecule has 23 heavy (non-hydrogen) atoms. The van der Waals surface area contributed by atoms with Crippen LogP contribution in [0.4, 0.5) is 4.39 Å². The quantitative estimate of drug-likeness (QED) is 0.738. The third kappa shape index (κ3) is 3.55. The van der Waals surface area contributed by atoms with E-state index in [1.54, 1.807) is 24.4 Å². The number of hydrogen-bond acceptors (Lipinski definition) is 2. The van der Waals surface area contributed by atoms with Crippen LogP contribution in [-0.2, 0) is 16.4 Å². The molecule has 2 aromatic carbocycles. The fourth-order valence-electron chi connectivity index (χ4n) is 2.40. The van der Waals surface area contributed by atoms with Crippen molar-refractivity contribution < 1.29 is 12.8 Å². The first-order valence-corrected chi connectivity index (χ1v) is 8.82. The molecule has 0 radical (unpaired) electrons. The highest BCUT2D eigenvalue weighted by Crippen LogP contribution is 2.20. The van der Waals surface area contributed by atoms with Crippen molar-refractivity contribution in [3.8, 4) is 0 Å². The van der Waals surface area contributed by atoms with Crippen LogP contribution in [0.1, 0.15) is 5.56 Å². The van der Waals surface area contributed by atoms with Crippen molar-refractivity contribution in [2.75, 3.05) is 6.54 Å². The molecule has 0 spiro atoms. The fraction of sp³-hybridized carbons (Fsp3) is 0.125. The minimum atomic E-state index is -3.60. The number of halogens is 2. The molecule has 0 saturated heterocycles. The maximum Gasteiger partial charge on any atom is 0.240 e. The Balaban J connectivity index is 1.71. The average molecular weight is 353 g/mol. The van der Waals surface area contributed by atoms with Gasteiger partial charge in [-0.2, -0.15) is 0 Å². The van der Waals surface area contributed by atoms with Crippen LogP contribution in [-0.4, -0.2) is 19.9 Å². The number of benzene rings is 2. The van der Waals surface area contributed by atoms with Gasteiger partial charge in [0.05, 0.1) is 4.90 Å². The van der Waals surface area contributed by atoms with Gasteiger partial charge in [0, 0.05) is 28.7 Å². The molecule has 2 N–H and O–H groups in total. The summed E-state index contributed by atoms with van der Waals surface area (Å²) in [6.45, 7) is 0.235. The Morgan fingerprint density at radius 3 is 2.78 bits per heavy atom. The van der Waals surface area contributed by atoms with Gasteiger partial charge in [0.2, 0.25) is 10.0 Å². The van der Waals surface area contributed by atoms with E-state index in [1.165, 1.54) is 24.3 Å². The van der Waals surface area contributed by atoms with Crippen molar-refractivity contribution in [3.63, 3.8) is 0 Å². The number of aromatic amines is 1. The monoisotopic (exact) mass is 352 g/mol. The molecule has 0 aliphatic rings. The summed E-state index contributed by atoms with van der Waals surface area (Å²) in [6.07, 6.45) is 2.25. The number of rotatable bonds is 5. The van der Waals surface area contributed by atoms with Gasteiger partial charge >= 0.3 is 0 Å². The second kappa shape index (κ2) is 6.31. The van der Waals surface area contributed by atoms with E-state index >= 15 is 0 Å². The molecule has 0 aliphatic carbocycles. The molecule has 7 heteroatoms. The normalized spacial score (nSPS) is 11.9. The van der Waals surface area contributed by atoms with E-state index in [2.05, 4.69) is 9.71 Å². The second-order valence-electron chi connectivity index (χ2n) is 5.11. The lowest BCUT2D eigenvalue weighted by atomic mass is 10.1. The smallest absolute Gasteiger partial charge is 0.240 e. The molecular formula is C16H14ClFN2O2S. The lowest BCUT2D eigenvalue weighted by Gasteiger charge is -2.06. The van der Waals surface area contributed by atoms with E-state index in [-0.39, 0.29) is 17.3 Å². The molecule has 0 atom stereocenters. The number of sulfonamides is 1. The topological polar surface area (TPSA) is 62.0 Å². The summed E-state index contributed by atoms with van der Waals surface area (Å²) < 4.78 is 40.1. The van der Waals surface area contributed by atoms with Crippen LogP contribution in [0.5, 0.6) is 0 Å². The van der Waals surface area contributed by atoms with E-state index in [4.69, 9.17) is 11.6 Å². The van der Waals surface area contributed by atoms with Crippen molar-refractivity contribution in [1.29, 1.82) is 0 Å². The molecule has 3 aromatic rings. The number of hydrogen-bond donors (Lipinski definition) is 2. The Morgan fingerprint density at radius 2 is 2.00 bits per heavy atom. The van der Waals surface area contributed by atoms with E-state index < -0.39 is 10.0 Å². The van der Waals surface area contributed by atoms with Gasteiger partial charge < -0.3 is 4.98 Å². The first kappa shape index (κ1) is 16.0. The summed E-state index contributed by atoms with van der Waals surface area (Å²) in [4.78, 5) is 3.11. The number of fused-ring (bicyclic) bond motifs is 1. The van der Waals surface area contributed by atoms with E-state index in [0.717, 1.165) is 10.9 Å². The first-order valence-electron chi connectivity index (χ1n) is 6.96. The van der Waals surface area contributed by atoms with Gasteiger partial charge in [0.15, 0.2) is 0 Å². The van der Waals surface area contributed by atoms with Crippen molar-refractivity contribution in [2.45, 2.75) is 11.3 Å². The minimum absolute atomic E-state index is 0.131. The number of nitrogens with one attached hydrogen (secondary N) is 2. The molecule has 3 rings (SSSR count). The van der Waals surface area contributed by atoms with Crippen LogP contribution in [0.15, 0.2) is 53.6 Å². The summed E-state index contributed by atoms with van der Waals surface area (Å²) in [5.41, 5.74) is 1.62. The van der Waals surface area contributed by atoms with Gasteiger partial charge in [0.1, 0.15) is 5.82 Å². The van der Waals surface area contributed by atoms with Gasteiger partial charge in [-0.25, -0.2) is 17.5 Å². The van der Waals surface area contributed by atoms with Crippen LogP contribution < -0.4 is 4.72 Å². The van der Waals surface area contributed by atoms with Crippen molar-refractivity contribution in [3.05, 3.63) is 65.1 Å². The van der Waals surface area contributed by atoms with Gasteiger partial charge in [-0.15, -0.1) is 0 Å². The zero-order chi connectivity index (χ0) is 16.4. The Morgan fingerprint density at radius 1 is 1.17 bits per heavy atom. The molecule has 0 fully saturated rings. The Hall–Kier alpha value is -1.89. The molecule has 120 valence electrons. The van der Waals surface area contributed by atoms with Gasteiger partial charge in [-0.3, -0.25) is 0 Å². The molecule has 0 amide bonds. The molecule has 0 saturated carbocycles. The van der Waals surface area contributed by atoms with Crippen LogP contribution in [0.2, 0.25) is 5.02 Å². The summed E-state index contributed by atoms with van der Waals surface area (Å²) in [5, 5.41) is 1.25. The molecule has 0 unspecified atom stereocenters. The zero-order valence-corrected chi connectivity index (χ0v) is 13.6. The molecule has 0 bridgehead atoms. The minimum Gasteiger partial charge on any atom is -0.361 e. The van der Waals surface area contributed by atoms with E-state index in [1.807, 2.05) is 0 Å². The van der Waals surface area contributed by atoms with Gasteiger partial charge in [-0.05, 0) is 48.4 Å². The van der Waals surface area contributed by atoms with Crippen molar-refractivity contribution >= 4 is 32.5 Å². The molecular weight excluding hydrogens is 339 g/mol. The first-order chi connectivity index (χ1) is 11.0. The molecule has 4 nitrogen and oxygen atoms in total. The van der Waals surface area contributed by atoms with Gasteiger partial charge in [-0.1, -0.05) is 17.7 Å². The van der Waals surface area contributed by atoms with Crippen molar-refractivity contribution in [2.24, 2.45) is 0 Å². The fourth-order valence-corrected chi connectivity index (χ4v) is 3.74. The van der Waals surface area contributed by atoms with Crippen LogP contribution in [0.3, 0.4) is 0 Å². The highest BCUT2D eigenvalue weighted by Gasteiger charge is 2.14. The number of H-pyrrole nitrogens is 1. The summed E-state index contributed by atoms with van der Waals surface area (Å²) in [6, 6.07) is 10.6. The molecule has 1 heterocycles. The highest BCUT2D eigenvalue weighted by atomic mass is 35.5. The standard InChI is InChI=1S/C16H14ClFN2O2S/c17-12-2-1-3-14(8-12)23(21,22)20-7-6-11-10-19-16-9-13(18)4-5-15(11)16/h1-5,8-10,19-20H,6-7H2. The predicted molar refractivity (Wildman–Crippen MR) is 88.6 cm³/mol. The van der Waals surface area contributed by atoms with Crippen LogP contribution in [0.25, 0.3) is 10.9 Å². The van der Waals surface area contributed by atoms with Gasteiger partial charge in [0.25, 0.3) is 0 Å². The average Bonchev–Trinajstić information content (AvgIpc) is 2.89. The maximum atomic E-state index is 13.2. The van der Waals surface area contributed by atoms with E-state index in [0.29, 0.717) is 17.0 Å². The lowest BCUT2D eigenvalue weighted by Crippen LogP contribution is -2.25. The Labute approximate surface area is 138 Å². The third-order valence-corrected chi connectivity index (χ3v) is 5.22. The highest BCUT2D eigenvalue weighted by molar-refractivity contribution is 7.89. The molecule has 1 aromatic heterocycles. The molecule has 0 aliphatic heterocycles. The van der Waals surface area contributed by atoms with Crippen LogP contribution >= 0.6 is 11.6 Å². The number of aromatic nitrogens is 1. The summed E-state index contributed by atoms with van der Waals surface area (Å²) >= 11 is 5.82. The lowest BCUT2D eigenvalue weighted by molar-refractivity contribution is 0.581.